The molecule has 0 aliphatic carbocycles. The average molecular weight is 663 g/mol. The van der Waals surface area contributed by atoms with E-state index < -0.39 is 12.0 Å². The van der Waals surface area contributed by atoms with Gasteiger partial charge in [0.05, 0.1) is 33.6 Å². The highest BCUT2D eigenvalue weighted by Gasteiger charge is 2.34. The van der Waals surface area contributed by atoms with E-state index in [4.69, 9.17) is 19.6 Å². The Kier molecular flexibility index (Phi) is 9.42. The van der Waals surface area contributed by atoms with Gasteiger partial charge in [-0.3, -0.25) is 9.36 Å². The molecule has 1 unspecified atom stereocenters. The topological polar surface area (TPSA) is 87.7 Å². The fourth-order valence-corrected chi connectivity index (χ4v) is 6.84. The van der Waals surface area contributed by atoms with Gasteiger partial charge >= 0.3 is 5.97 Å². The second kappa shape index (κ2) is 13.8. The van der Waals surface area contributed by atoms with Crippen molar-refractivity contribution < 1.29 is 14.3 Å². The summed E-state index contributed by atoms with van der Waals surface area (Å²) in [7, 11) is 0. The molecule has 3 aromatic carbocycles. The van der Waals surface area contributed by atoms with Gasteiger partial charge in [-0.2, -0.15) is 5.10 Å². The zero-order valence-electron chi connectivity index (χ0n) is 26.5. The highest BCUT2D eigenvalue weighted by Crippen LogP contribution is 2.32. The molecular formula is C37H34N4O4S2. The van der Waals surface area contributed by atoms with Gasteiger partial charge in [-0.1, -0.05) is 54.3 Å². The summed E-state index contributed by atoms with van der Waals surface area (Å²) in [6.07, 6.45) is 7.15. The number of hydrogen-bond acceptors (Lipinski definition) is 8. The maximum absolute atomic E-state index is 14.3. The van der Waals surface area contributed by atoms with Crippen LogP contribution < -0.4 is 19.6 Å². The molecule has 0 radical (unpaired) electrons. The van der Waals surface area contributed by atoms with Gasteiger partial charge in [0.25, 0.3) is 5.56 Å². The molecule has 238 valence electrons. The van der Waals surface area contributed by atoms with E-state index in [1.807, 2.05) is 97.4 Å². The Labute approximate surface area is 281 Å². The second-order valence-corrected chi connectivity index (χ2v) is 13.0. The van der Waals surface area contributed by atoms with Crippen LogP contribution in [0.5, 0.6) is 5.75 Å². The number of allylic oxidation sites excluding steroid dienone is 1. The zero-order chi connectivity index (χ0) is 33.1. The van der Waals surface area contributed by atoms with Gasteiger partial charge in [-0.05, 0) is 87.2 Å². The van der Waals surface area contributed by atoms with Crippen LogP contribution in [0.4, 0.5) is 0 Å². The van der Waals surface area contributed by atoms with Crippen LogP contribution in [0.2, 0.25) is 0 Å². The molecule has 0 N–H and O–H groups in total. The van der Waals surface area contributed by atoms with Crippen molar-refractivity contribution in [2.24, 2.45) is 4.99 Å². The molecule has 0 spiro atoms. The molecule has 2 aromatic heterocycles. The molecule has 8 nitrogen and oxygen atoms in total. The Morgan fingerprint density at radius 2 is 1.79 bits per heavy atom. The van der Waals surface area contributed by atoms with Gasteiger partial charge in [0.2, 0.25) is 0 Å². The van der Waals surface area contributed by atoms with Gasteiger partial charge in [-0.15, -0.1) is 11.8 Å². The van der Waals surface area contributed by atoms with Crippen molar-refractivity contribution in [3.05, 3.63) is 140 Å². The number of carbonyl (C=O) groups excluding carboxylic acids is 1. The molecule has 47 heavy (non-hydrogen) atoms. The number of aromatic nitrogens is 3. The summed E-state index contributed by atoms with van der Waals surface area (Å²) in [6.45, 7) is 9.53. The van der Waals surface area contributed by atoms with Crippen LogP contribution in [-0.2, 0) is 9.53 Å². The van der Waals surface area contributed by atoms with E-state index in [2.05, 4.69) is 6.58 Å². The lowest BCUT2D eigenvalue weighted by molar-refractivity contribution is -0.143. The standard InChI is InChI=1S/C37H34N4O4S2/c1-6-20-44-29-16-12-25(13-17-29)33-27(22-40(39-33)28-10-8-7-9-11-28)21-31-35(42)41-34(26-14-18-30(46-5)19-15-26)32(36(43)45-23(2)3)24(4)38-37(41)47-31/h6-19,21-23,34H,1,20H2,2-5H3. The quantitative estimate of drug-likeness (QED) is 0.0988. The van der Waals surface area contributed by atoms with Crippen molar-refractivity contribution in [1.82, 2.24) is 14.3 Å². The van der Waals surface area contributed by atoms with Crippen molar-refractivity contribution >= 4 is 35.1 Å². The summed E-state index contributed by atoms with van der Waals surface area (Å²) in [6, 6.07) is 24.7. The monoisotopic (exact) mass is 662 g/mol. The molecule has 5 aromatic rings. The van der Waals surface area contributed by atoms with Gasteiger partial charge in [0.15, 0.2) is 4.80 Å². The van der Waals surface area contributed by atoms with Gasteiger partial charge in [0, 0.05) is 22.2 Å². The summed E-state index contributed by atoms with van der Waals surface area (Å²) in [4.78, 5) is 34.2. The number of para-hydroxylation sites is 1. The molecule has 10 heteroatoms. The van der Waals surface area contributed by atoms with Gasteiger partial charge in [0.1, 0.15) is 18.1 Å². The Morgan fingerprint density at radius 1 is 1.06 bits per heavy atom. The zero-order valence-corrected chi connectivity index (χ0v) is 28.2. The fourth-order valence-electron chi connectivity index (χ4n) is 5.40. The Morgan fingerprint density at radius 3 is 2.45 bits per heavy atom. The number of fused-ring (bicyclic) bond motifs is 1. The molecule has 0 amide bonds. The third kappa shape index (κ3) is 6.65. The molecule has 6 rings (SSSR count). The summed E-state index contributed by atoms with van der Waals surface area (Å²) in [5.41, 5.74) is 4.65. The molecule has 1 atom stereocenters. The predicted molar refractivity (Wildman–Crippen MR) is 188 cm³/mol. The molecule has 0 bridgehead atoms. The molecule has 0 saturated heterocycles. The Hall–Kier alpha value is -4.93. The Bertz CT molecular complexity index is 2140. The number of esters is 1. The lowest BCUT2D eigenvalue weighted by atomic mass is 9.96. The van der Waals surface area contributed by atoms with Crippen LogP contribution >= 0.6 is 23.1 Å². The van der Waals surface area contributed by atoms with Crippen LogP contribution in [-0.4, -0.2) is 39.3 Å². The Balaban J connectivity index is 1.51. The van der Waals surface area contributed by atoms with Gasteiger partial charge < -0.3 is 9.47 Å². The van der Waals surface area contributed by atoms with E-state index in [0.29, 0.717) is 32.9 Å². The molecule has 3 heterocycles. The van der Waals surface area contributed by atoms with E-state index >= 15 is 0 Å². The molecular weight excluding hydrogens is 629 g/mol. The van der Waals surface area contributed by atoms with Crippen molar-refractivity contribution in [2.75, 3.05) is 12.9 Å². The van der Waals surface area contributed by atoms with Crippen molar-refractivity contribution in [1.29, 1.82) is 0 Å². The predicted octanol–water partition coefficient (Wildman–Crippen LogP) is 6.33. The largest absolute Gasteiger partial charge is 0.490 e. The first-order valence-corrected chi connectivity index (χ1v) is 17.2. The lowest BCUT2D eigenvalue weighted by Gasteiger charge is -2.25. The third-order valence-corrected chi connectivity index (χ3v) is 9.29. The van der Waals surface area contributed by atoms with Crippen LogP contribution in [0.1, 0.15) is 37.9 Å². The van der Waals surface area contributed by atoms with E-state index in [1.165, 1.54) is 11.3 Å². The first-order valence-electron chi connectivity index (χ1n) is 15.1. The minimum absolute atomic E-state index is 0.248. The van der Waals surface area contributed by atoms with Crippen molar-refractivity contribution in [3.63, 3.8) is 0 Å². The first kappa shape index (κ1) is 32.0. The summed E-state index contributed by atoms with van der Waals surface area (Å²) < 4.78 is 15.2. The third-order valence-electron chi connectivity index (χ3n) is 7.56. The van der Waals surface area contributed by atoms with Crippen LogP contribution in [0, 0.1) is 0 Å². The molecule has 1 aliphatic rings. The normalized spacial score (nSPS) is 14.6. The fraction of sp³-hybridized carbons (Fsp3) is 0.189. The molecule has 0 fully saturated rings. The molecule has 1 aliphatic heterocycles. The number of hydrogen-bond donors (Lipinski definition) is 0. The number of benzene rings is 3. The van der Waals surface area contributed by atoms with Gasteiger partial charge in [-0.25, -0.2) is 14.5 Å². The van der Waals surface area contributed by atoms with Crippen LogP contribution in [0.25, 0.3) is 23.0 Å². The highest BCUT2D eigenvalue weighted by atomic mass is 32.2. The van der Waals surface area contributed by atoms with Crippen LogP contribution in [0.15, 0.2) is 124 Å². The average Bonchev–Trinajstić information content (AvgIpc) is 3.63. The summed E-state index contributed by atoms with van der Waals surface area (Å²) in [5, 5.41) is 4.93. The summed E-state index contributed by atoms with van der Waals surface area (Å²) >= 11 is 2.91. The maximum Gasteiger partial charge on any atom is 0.338 e. The van der Waals surface area contributed by atoms with E-state index in [9.17, 15) is 9.59 Å². The minimum atomic E-state index is -0.690. The van der Waals surface area contributed by atoms with E-state index in [1.54, 1.807) is 47.9 Å². The number of thiazole rings is 1. The minimum Gasteiger partial charge on any atom is -0.490 e. The number of carbonyl (C=O) groups is 1. The number of rotatable bonds is 10. The first-order chi connectivity index (χ1) is 22.8. The van der Waals surface area contributed by atoms with Crippen molar-refractivity contribution in [3.8, 4) is 22.7 Å². The second-order valence-electron chi connectivity index (χ2n) is 11.1. The highest BCUT2D eigenvalue weighted by molar-refractivity contribution is 7.98. The molecule has 0 saturated carbocycles. The smallest absolute Gasteiger partial charge is 0.338 e. The number of nitrogens with zero attached hydrogens (tertiary/aromatic N) is 4. The maximum atomic E-state index is 14.3. The number of ether oxygens (including phenoxy) is 2. The van der Waals surface area contributed by atoms with Crippen LogP contribution in [0.3, 0.4) is 0 Å². The summed E-state index contributed by atoms with van der Waals surface area (Å²) in [5.74, 6) is 0.236. The van der Waals surface area contributed by atoms with E-state index in [-0.39, 0.29) is 11.7 Å². The SMILES string of the molecule is C=CCOc1ccc(-c2nn(-c3ccccc3)cc2C=c2sc3n(c2=O)C(c2ccc(SC)cc2)C(C(=O)OC(C)C)=C(C)N=3)cc1. The number of thioether (sulfide) groups is 1. The van der Waals surface area contributed by atoms with E-state index in [0.717, 1.165) is 33.0 Å². The lowest BCUT2D eigenvalue weighted by Crippen LogP contribution is -2.40. The van der Waals surface area contributed by atoms with Crippen molar-refractivity contribution in [2.45, 2.75) is 37.8 Å².